The summed E-state index contributed by atoms with van der Waals surface area (Å²) in [6, 6.07) is 4.55. The lowest BCUT2D eigenvalue weighted by molar-refractivity contribution is -0.146. The summed E-state index contributed by atoms with van der Waals surface area (Å²) in [5.41, 5.74) is 0. The third-order valence-electron chi connectivity index (χ3n) is 3.49. The molecular formula is C16H25NO6S2. The van der Waals surface area contributed by atoms with Gasteiger partial charge in [-0.3, -0.25) is 4.79 Å². The fourth-order valence-corrected chi connectivity index (χ4v) is 4.47. The second-order valence-electron chi connectivity index (χ2n) is 6.18. The molecule has 0 aliphatic rings. The van der Waals surface area contributed by atoms with E-state index in [9.17, 15) is 18.3 Å². The standard InChI is InChI=1S/C16H25NO6S2/c1-11(18)10-17(14(15(19)23-5)16(2,3)24)25(20,21)13-8-6-12(22-4)7-9-13/h6-9,11,14,18,24H,10H2,1-5H3/t11?,14-/m0/s1. The predicted octanol–water partition coefficient (Wildman–Crippen LogP) is 1.32. The van der Waals surface area contributed by atoms with Gasteiger partial charge in [0.15, 0.2) is 0 Å². The van der Waals surface area contributed by atoms with Crippen LogP contribution in [0, 0.1) is 0 Å². The lowest BCUT2D eigenvalue weighted by atomic mass is 10.0. The van der Waals surface area contributed by atoms with Crippen LogP contribution in [0.1, 0.15) is 20.8 Å². The minimum absolute atomic E-state index is 0.0274. The molecule has 0 fully saturated rings. The summed E-state index contributed by atoms with van der Waals surface area (Å²) in [7, 11) is -1.44. The lowest BCUT2D eigenvalue weighted by Gasteiger charge is -2.37. The number of aliphatic hydroxyl groups excluding tert-OH is 1. The van der Waals surface area contributed by atoms with Crippen LogP contribution in [0.25, 0.3) is 0 Å². The Kier molecular flexibility index (Phi) is 7.30. The van der Waals surface area contributed by atoms with E-state index in [-0.39, 0.29) is 11.4 Å². The highest BCUT2D eigenvalue weighted by Gasteiger charge is 2.44. The smallest absolute Gasteiger partial charge is 0.325 e. The molecule has 0 bridgehead atoms. The van der Waals surface area contributed by atoms with Gasteiger partial charge in [0.25, 0.3) is 0 Å². The van der Waals surface area contributed by atoms with Crippen LogP contribution in [0.5, 0.6) is 5.75 Å². The van der Waals surface area contributed by atoms with Crippen molar-refractivity contribution in [3.8, 4) is 5.75 Å². The highest BCUT2D eigenvalue weighted by atomic mass is 32.2. The Morgan fingerprint density at radius 3 is 2.16 bits per heavy atom. The number of carbonyl (C=O) groups excluding carboxylic acids is 1. The molecule has 0 amide bonds. The number of rotatable bonds is 8. The van der Waals surface area contributed by atoms with E-state index in [0.29, 0.717) is 5.75 Å². The maximum absolute atomic E-state index is 13.1. The van der Waals surface area contributed by atoms with Crippen molar-refractivity contribution in [2.45, 2.75) is 42.6 Å². The largest absolute Gasteiger partial charge is 0.497 e. The van der Waals surface area contributed by atoms with Gasteiger partial charge in [0, 0.05) is 11.3 Å². The van der Waals surface area contributed by atoms with E-state index in [1.165, 1.54) is 45.4 Å². The molecule has 1 aromatic rings. The van der Waals surface area contributed by atoms with E-state index in [2.05, 4.69) is 12.6 Å². The zero-order chi connectivity index (χ0) is 19.4. The molecule has 0 saturated carbocycles. The van der Waals surface area contributed by atoms with Gasteiger partial charge in [0.05, 0.1) is 25.2 Å². The highest BCUT2D eigenvalue weighted by molar-refractivity contribution is 7.89. The van der Waals surface area contributed by atoms with E-state index in [1.807, 2.05) is 0 Å². The minimum Gasteiger partial charge on any atom is -0.497 e. The second-order valence-corrected chi connectivity index (χ2v) is 9.22. The first-order valence-electron chi connectivity index (χ1n) is 7.59. The Labute approximate surface area is 154 Å². The third-order valence-corrected chi connectivity index (χ3v) is 5.58. The number of hydrogen-bond donors (Lipinski definition) is 2. The summed E-state index contributed by atoms with van der Waals surface area (Å²) in [6.07, 6.45) is -0.990. The van der Waals surface area contributed by atoms with Crippen molar-refractivity contribution in [2.24, 2.45) is 0 Å². The van der Waals surface area contributed by atoms with Gasteiger partial charge in [-0.1, -0.05) is 0 Å². The summed E-state index contributed by atoms with van der Waals surface area (Å²) in [5.74, 6) is -0.252. The Morgan fingerprint density at radius 2 is 1.80 bits per heavy atom. The molecule has 0 heterocycles. The highest BCUT2D eigenvalue weighted by Crippen LogP contribution is 2.30. The molecule has 9 heteroatoms. The van der Waals surface area contributed by atoms with Crippen molar-refractivity contribution in [3.63, 3.8) is 0 Å². The van der Waals surface area contributed by atoms with E-state index in [4.69, 9.17) is 9.47 Å². The molecule has 0 aromatic heterocycles. The number of thiol groups is 1. The van der Waals surface area contributed by atoms with E-state index < -0.39 is 32.9 Å². The number of methoxy groups -OCH3 is 2. The fraction of sp³-hybridized carbons (Fsp3) is 0.562. The van der Waals surface area contributed by atoms with Gasteiger partial charge in [-0.2, -0.15) is 16.9 Å². The van der Waals surface area contributed by atoms with Crippen LogP contribution < -0.4 is 4.74 Å². The van der Waals surface area contributed by atoms with Crippen LogP contribution in [0.3, 0.4) is 0 Å². The zero-order valence-corrected chi connectivity index (χ0v) is 16.7. The van der Waals surface area contributed by atoms with Crippen molar-refractivity contribution < 1.29 is 27.8 Å². The number of esters is 1. The Morgan fingerprint density at radius 1 is 1.28 bits per heavy atom. The molecule has 0 saturated heterocycles. The van der Waals surface area contributed by atoms with Crippen LogP contribution >= 0.6 is 12.6 Å². The van der Waals surface area contributed by atoms with E-state index in [0.717, 1.165) is 4.31 Å². The maximum Gasteiger partial charge on any atom is 0.325 e. The number of aliphatic hydroxyl groups is 1. The number of nitrogens with zero attached hydrogens (tertiary/aromatic N) is 1. The van der Waals surface area contributed by atoms with Crippen molar-refractivity contribution in [1.82, 2.24) is 4.31 Å². The molecule has 1 N–H and O–H groups in total. The number of sulfonamides is 1. The maximum atomic E-state index is 13.1. The van der Waals surface area contributed by atoms with Crippen molar-refractivity contribution >= 4 is 28.6 Å². The average Bonchev–Trinajstić information content (AvgIpc) is 2.52. The number of benzene rings is 1. The molecule has 2 atom stereocenters. The van der Waals surface area contributed by atoms with E-state index in [1.54, 1.807) is 13.8 Å². The van der Waals surface area contributed by atoms with Crippen molar-refractivity contribution in [3.05, 3.63) is 24.3 Å². The van der Waals surface area contributed by atoms with Crippen LogP contribution in [0.4, 0.5) is 0 Å². The van der Waals surface area contributed by atoms with Gasteiger partial charge in [-0.05, 0) is 45.0 Å². The van der Waals surface area contributed by atoms with E-state index >= 15 is 0 Å². The summed E-state index contributed by atoms with van der Waals surface area (Å²) in [4.78, 5) is 12.3. The molecular weight excluding hydrogens is 366 g/mol. The van der Waals surface area contributed by atoms with Gasteiger partial charge >= 0.3 is 5.97 Å². The third kappa shape index (κ3) is 5.34. The first-order valence-corrected chi connectivity index (χ1v) is 9.48. The zero-order valence-electron chi connectivity index (χ0n) is 15.0. The van der Waals surface area contributed by atoms with Crippen LogP contribution in [-0.2, 0) is 19.6 Å². The molecule has 25 heavy (non-hydrogen) atoms. The van der Waals surface area contributed by atoms with Gasteiger partial charge in [0.1, 0.15) is 11.8 Å². The average molecular weight is 392 g/mol. The molecule has 1 unspecified atom stereocenters. The van der Waals surface area contributed by atoms with Gasteiger partial charge in [-0.25, -0.2) is 8.42 Å². The molecule has 0 radical (unpaired) electrons. The van der Waals surface area contributed by atoms with Crippen LogP contribution in [0.15, 0.2) is 29.2 Å². The molecule has 0 aliphatic heterocycles. The molecule has 1 rings (SSSR count). The van der Waals surface area contributed by atoms with Crippen LogP contribution in [0.2, 0.25) is 0 Å². The minimum atomic E-state index is -4.09. The topological polar surface area (TPSA) is 93.1 Å². The summed E-state index contributed by atoms with van der Waals surface area (Å²) < 4.78 is 35.9. The Hall–Kier alpha value is -1.29. The van der Waals surface area contributed by atoms with Gasteiger partial charge in [-0.15, -0.1) is 0 Å². The molecule has 7 nitrogen and oxygen atoms in total. The van der Waals surface area contributed by atoms with Crippen LogP contribution in [-0.4, -0.2) is 61.5 Å². The quantitative estimate of drug-likeness (QED) is 0.513. The first-order chi connectivity index (χ1) is 11.4. The van der Waals surface area contributed by atoms with Crippen molar-refractivity contribution in [1.29, 1.82) is 0 Å². The predicted molar refractivity (Wildman–Crippen MR) is 97.4 cm³/mol. The normalized spacial score (nSPS) is 14.9. The number of carbonyl (C=O) groups is 1. The Balaban J connectivity index is 3.46. The Bertz CT molecular complexity index is 680. The summed E-state index contributed by atoms with van der Waals surface area (Å²) in [6.45, 7) is 4.38. The molecule has 0 aliphatic carbocycles. The fourth-order valence-electron chi connectivity index (χ4n) is 2.36. The SMILES string of the molecule is COC(=O)[C@H](N(CC(C)O)S(=O)(=O)c1ccc(OC)cc1)C(C)(C)S. The van der Waals surface area contributed by atoms with Crippen molar-refractivity contribution in [2.75, 3.05) is 20.8 Å². The second kappa shape index (κ2) is 8.39. The molecule has 142 valence electrons. The summed E-state index contributed by atoms with van der Waals surface area (Å²) in [5, 5.41) is 9.78. The molecule has 0 spiro atoms. The van der Waals surface area contributed by atoms with Gasteiger partial charge in [0.2, 0.25) is 10.0 Å². The first kappa shape index (κ1) is 21.8. The number of hydrogen-bond acceptors (Lipinski definition) is 7. The monoisotopic (exact) mass is 391 g/mol. The lowest BCUT2D eigenvalue weighted by Crippen LogP contribution is -2.56. The molecule has 1 aromatic carbocycles. The number of ether oxygens (including phenoxy) is 2. The summed E-state index contributed by atoms with van der Waals surface area (Å²) >= 11 is 4.37. The van der Waals surface area contributed by atoms with Gasteiger partial charge < -0.3 is 14.6 Å².